The van der Waals surface area contributed by atoms with Crippen LogP contribution in [0.2, 0.25) is 0 Å². The molecule has 0 heterocycles. The van der Waals surface area contributed by atoms with Crippen molar-refractivity contribution >= 4 is 0 Å². The number of hydrogen-bond donors (Lipinski definition) is 1. The van der Waals surface area contributed by atoms with Crippen molar-refractivity contribution in [1.82, 2.24) is 0 Å². The van der Waals surface area contributed by atoms with Gasteiger partial charge in [-0.2, -0.15) is 0 Å². The molecule has 0 saturated heterocycles. The molecule has 1 rings (SSSR count). The molecule has 1 atom stereocenters. The van der Waals surface area contributed by atoms with Crippen molar-refractivity contribution in [3.8, 4) is 0 Å². The predicted molar refractivity (Wildman–Crippen MR) is 63.1 cm³/mol. The fourth-order valence-corrected chi connectivity index (χ4v) is 2.33. The molecule has 1 aliphatic carbocycles. The minimum atomic E-state index is 0.288. The summed E-state index contributed by atoms with van der Waals surface area (Å²) in [5.41, 5.74) is 8.07. The largest absolute Gasteiger partial charge is 0.324 e. The molecule has 2 N–H and O–H groups in total. The summed E-state index contributed by atoms with van der Waals surface area (Å²) < 4.78 is 0. The Balaban J connectivity index is 2.46. The Kier molecular flexibility index (Phi) is 3.77. The quantitative estimate of drug-likeness (QED) is 0.671. The Hall–Kier alpha value is -0.300. The first-order valence-electron chi connectivity index (χ1n) is 5.81. The first-order chi connectivity index (χ1) is 6.41. The molecule has 14 heavy (non-hydrogen) atoms. The van der Waals surface area contributed by atoms with Crippen molar-refractivity contribution in [1.29, 1.82) is 0 Å². The summed E-state index contributed by atoms with van der Waals surface area (Å²) in [7, 11) is 0. The lowest BCUT2D eigenvalue weighted by molar-refractivity contribution is 0.183. The van der Waals surface area contributed by atoms with Crippen LogP contribution in [0.3, 0.4) is 0 Å². The number of allylic oxidation sites excluding steroid dienone is 1. The van der Waals surface area contributed by atoms with Gasteiger partial charge in [0.15, 0.2) is 0 Å². The van der Waals surface area contributed by atoms with E-state index >= 15 is 0 Å². The van der Waals surface area contributed by atoms with Crippen LogP contribution in [0.25, 0.3) is 0 Å². The number of rotatable bonds is 2. The monoisotopic (exact) mass is 195 g/mol. The standard InChI is InChI=1S/C13H25N/c1-10(2)9-12(14)11-5-7-13(3,4)8-6-11/h9,11-12H,5-8,14H2,1-4H3. The summed E-state index contributed by atoms with van der Waals surface area (Å²) in [6, 6.07) is 0.288. The molecule has 1 unspecified atom stereocenters. The van der Waals surface area contributed by atoms with Crippen molar-refractivity contribution in [3.05, 3.63) is 11.6 Å². The van der Waals surface area contributed by atoms with Crippen LogP contribution in [0.1, 0.15) is 53.4 Å². The van der Waals surface area contributed by atoms with Crippen LogP contribution in [-0.2, 0) is 0 Å². The smallest absolute Gasteiger partial charge is 0.0254 e. The van der Waals surface area contributed by atoms with Gasteiger partial charge in [-0.25, -0.2) is 0 Å². The van der Waals surface area contributed by atoms with Crippen LogP contribution < -0.4 is 5.73 Å². The Bertz CT molecular complexity index is 201. The van der Waals surface area contributed by atoms with Gasteiger partial charge in [0, 0.05) is 6.04 Å². The van der Waals surface area contributed by atoms with Gasteiger partial charge in [0.1, 0.15) is 0 Å². The topological polar surface area (TPSA) is 26.0 Å². The third kappa shape index (κ3) is 3.45. The first kappa shape index (κ1) is 11.8. The highest BCUT2D eigenvalue weighted by atomic mass is 14.6. The van der Waals surface area contributed by atoms with Gasteiger partial charge in [-0.15, -0.1) is 0 Å². The molecule has 1 aliphatic rings. The van der Waals surface area contributed by atoms with E-state index < -0.39 is 0 Å². The Labute approximate surface area is 88.8 Å². The van der Waals surface area contributed by atoms with E-state index in [1.807, 2.05) is 0 Å². The maximum absolute atomic E-state index is 6.16. The van der Waals surface area contributed by atoms with Crippen molar-refractivity contribution in [3.63, 3.8) is 0 Å². The van der Waals surface area contributed by atoms with Crippen molar-refractivity contribution in [2.75, 3.05) is 0 Å². The lowest BCUT2D eigenvalue weighted by Crippen LogP contribution is -2.33. The minimum Gasteiger partial charge on any atom is -0.324 e. The maximum Gasteiger partial charge on any atom is 0.0254 e. The zero-order valence-electron chi connectivity index (χ0n) is 10.1. The zero-order chi connectivity index (χ0) is 10.8. The van der Waals surface area contributed by atoms with Gasteiger partial charge < -0.3 is 5.73 Å². The van der Waals surface area contributed by atoms with E-state index in [1.54, 1.807) is 0 Å². The fraction of sp³-hybridized carbons (Fsp3) is 0.846. The average molecular weight is 195 g/mol. The fourth-order valence-electron chi connectivity index (χ4n) is 2.33. The van der Waals surface area contributed by atoms with Gasteiger partial charge in [0.05, 0.1) is 0 Å². The van der Waals surface area contributed by atoms with E-state index in [2.05, 4.69) is 33.8 Å². The molecule has 0 aromatic heterocycles. The molecule has 0 bridgehead atoms. The molecule has 0 aromatic rings. The number of hydrogen-bond acceptors (Lipinski definition) is 1. The van der Waals surface area contributed by atoms with Crippen LogP contribution in [-0.4, -0.2) is 6.04 Å². The first-order valence-corrected chi connectivity index (χ1v) is 5.81. The average Bonchev–Trinajstić information content (AvgIpc) is 2.02. The van der Waals surface area contributed by atoms with Crippen LogP contribution in [0.5, 0.6) is 0 Å². The normalized spacial score (nSPS) is 24.4. The SMILES string of the molecule is CC(C)=CC(N)C1CCC(C)(C)CC1. The second-order valence-corrected chi connectivity index (χ2v) is 5.82. The second-order valence-electron chi connectivity index (χ2n) is 5.82. The second kappa shape index (κ2) is 4.48. The van der Waals surface area contributed by atoms with Crippen molar-refractivity contribution < 1.29 is 0 Å². The molecule has 0 radical (unpaired) electrons. The highest BCUT2D eigenvalue weighted by Crippen LogP contribution is 2.39. The molecule has 0 spiro atoms. The van der Waals surface area contributed by atoms with E-state index in [9.17, 15) is 0 Å². The summed E-state index contributed by atoms with van der Waals surface area (Å²) in [4.78, 5) is 0. The molecular formula is C13H25N. The van der Waals surface area contributed by atoms with Gasteiger partial charge in [-0.05, 0) is 50.9 Å². The van der Waals surface area contributed by atoms with Crippen molar-refractivity contribution in [2.24, 2.45) is 17.1 Å². The third-order valence-electron chi connectivity index (χ3n) is 3.45. The summed E-state index contributed by atoms with van der Waals surface area (Å²) >= 11 is 0. The van der Waals surface area contributed by atoms with Crippen LogP contribution in [0, 0.1) is 11.3 Å². The van der Waals surface area contributed by atoms with Crippen LogP contribution >= 0.6 is 0 Å². The van der Waals surface area contributed by atoms with Crippen LogP contribution in [0.15, 0.2) is 11.6 Å². The van der Waals surface area contributed by atoms with Crippen molar-refractivity contribution in [2.45, 2.75) is 59.4 Å². The van der Waals surface area contributed by atoms with Gasteiger partial charge in [0.25, 0.3) is 0 Å². The molecule has 0 aromatic carbocycles. The maximum atomic E-state index is 6.16. The molecule has 1 fully saturated rings. The molecule has 0 amide bonds. The summed E-state index contributed by atoms with van der Waals surface area (Å²) in [6.07, 6.45) is 7.50. The highest BCUT2D eigenvalue weighted by molar-refractivity contribution is 5.03. The van der Waals surface area contributed by atoms with Gasteiger partial charge in [0.2, 0.25) is 0 Å². The van der Waals surface area contributed by atoms with E-state index in [4.69, 9.17) is 5.73 Å². The molecule has 1 saturated carbocycles. The van der Waals surface area contributed by atoms with Gasteiger partial charge in [-0.3, -0.25) is 0 Å². The Morgan fingerprint density at radius 3 is 2.21 bits per heavy atom. The minimum absolute atomic E-state index is 0.288. The third-order valence-corrected chi connectivity index (χ3v) is 3.45. The van der Waals surface area contributed by atoms with Gasteiger partial charge >= 0.3 is 0 Å². The zero-order valence-corrected chi connectivity index (χ0v) is 10.1. The van der Waals surface area contributed by atoms with E-state index in [0.717, 1.165) is 5.92 Å². The van der Waals surface area contributed by atoms with Gasteiger partial charge in [-0.1, -0.05) is 25.5 Å². The highest BCUT2D eigenvalue weighted by Gasteiger charge is 2.28. The number of nitrogens with two attached hydrogens (primary N) is 1. The van der Waals surface area contributed by atoms with E-state index in [0.29, 0.717) is 5.41 Å². The molecule has 0 aliphatic heterocycles. The Morgan fingerprint density at radius 2 is 1.79 bits per heavy atom. The summed E-state index contributed by atoms with van der Waals surface area (Å²) in [5, 5.41) is 0. The summed E-state index contributed by atoms with van der Waals surface area (Å²) in [6.45, 7) is 9.00. The molecular weight excluding hydrogens is 170 g/mol. The molecule has 1 heteroatoms. The Morgan fingerprint density at radius 1 is 1.29 bits per heavy atom. The van der Waals surface area contributed by atoms with Crippen LogP contribution in [0.4, 0.5) is 0 Å². The summed E-state index contributed by atoms with van der Waals surface area (Å²) in [5.74, 6) is 0.720. The predicted octanol–water partition coefficient (Wildman–Crippen LogP) is 3.50. The molecule has 1 nitrogen and oxygen atoms in total. The lowest BCUT2D eigenvalue weighted by atomic mass is 9.71. The lowest BCUT2D eigenvalue weighted by Gasteiger charge is -2.36. The molecule has 82 valence electrons. The van der Waals surface area contributed by atoms with E-state index in [1.165, 1.54) is 31.3 Å². The van der Waals surface area contributed by atoms with E-state index in [-0.39, 0.29) is 6.04 Å².